The third-order valence-electron chi connectivity index (χ3n) is 6.21. The number of benzene rings is 1. The molecule has 38 heavy (non-hydrogen) atoms. The lowest BCUT2D eigenvalue weighted by Crippen LogP contribution is -2.48. The van der Waals surface area contributed by atoms with Crippen molar-refractivity contribution in [2.24, 2.45) is 0 Å². The van der Waals surface area contributed by atoms with E-state index >= 15 is 0 Å². The summed E-state index contributed by atoms with van der Waals surface area (Å²) in [6.45, 7) is 0.923. The molecule has 1 unspecified atom stereocenters. The second-order valence-corrected chi connectivity index (χ2v) is 9.49. The van der Waals surface area contributed by atoms with Crippen molar-refractivity contribution in [3.63, 3.8) is 0 Å². The van der Waals surface area contributed by atoms with Crippen LogP contribution in [0.5, 0.6) is 0 Å². The summed E-state index contributed by atoms with van der Waals surface area (Å²) in [4.78, 5) is 63.6. The van der Waals surface area contributed by atoms with Gasteiger partial charge >= 0.3 is 23.9 Å². The van der Waals surface area contributed by atoms with Crippen LogP contribution in [0.1, 0.15) is 18.4 Å². The molecule has 1 amide bonds. The summed E-state index contributed by atoms with van der Waals surface area (Å²) in [5.74, 6) is -5.16. The minimum absolute atomic E-state index is 0.0194. The second-order valence-electron chi connectivity index (χ2n) is 9.06. The molecule has 13 nitrogen and oxygen atoms in total. The second kappa shape index (κ2) is 15.2. The quantitative estimate of drug-likeness (QED) is 0.215. The number of carboxylic acids is 4. The molecule has 1 aromatic rings. The van der Waals surface area contributed by atoms with Crippen molar-refractivity contribution < 1.29 is 44.4 Å². The third-order valence-corrected chi connectivity index (χ3v) is 6.47. The highest BCUT2D eigenvalue weighted by Crippen LogP contribution is 2.13. The molecule has 0 bridgehead atoms. The molecule has 5 N–H and O–H groups in total. The number of rotatable bonds is 13. The number of hydrogen-bond donors (Lipinski definition) is 5. The summed E-state index contributed by atoms with van der Waals surface area (Å²) in [6.07, 6.45) is -0.354. The number of nitrogens with one attached hydrogen (secondary N) is 1. The van der Waals surface area contributed by atoms with Crippen molar-refractivity contribution >= 4 is 41.4 Å². The van der Waals surface area contributed by atoms with E-state index in [2.05, 4.69) is 5.32 Å². The number of hydrogen-bond acceptors (Lipinski definition) is 8. The molecule has 0 radical (unpaired) electrons. The van der Waals surface area contributed by atoms with Crippen LogP contribution in [-0.2, 0) is 30.4 Å². The predicted octanol–water partition coefficient (Wildman–Crippen LogP) is -0.226. The van der Waals surface area contributed by atoms with Gasteiger partial charge in [0.1, 0.15) is 12.1 Å². The zero-order valence-corrected chi connectivity index (χ0v) is 21.5. The molecule has 210 valence electrons. The molecule has 2 atom stereocenters. The Morgan fingerprint density at radius 1 is 0.789 bits per heavy atom. The Morgan fingerprint density at radius 2 is 1.29 bits per heavy atom. The maximum Gasteiger partial charge on any atom is 0.326 e. The Balaban J connectivity index is 2.05. The predicted molar refractivity (Wildman–Crippen MR) is 135 cm³/mol. The van der Waals surface area contributed by atoms with E-state index in [0.717, 1.165) is 0 Å². The van der Waals surface area contributed by atoms with E-state index in [-0.39, 0.29) is 58.5 Å². The van der Waals surface area contributed by atoms with Crippen molar-refractivity contribution in [2.45, 2.75) is 31.3 Å². The van der Waals surface area contributed by atoms with E-state index < -0.39 is 41.9 Å². The number of aliphatic carboxylic acids is 4. The molecule has 1 aliphatic rings. The van der Waals surface area contributed by atoms with Gasteiger partial charge in [-0.15, -0.1) is 0 Å². The number of amides is 1. The average Bonchev–Trinajstić information content (AvgIpc) is 2.91. The Hall–Kier alpha value is -3.26. The van der Waals surface area contributed by atoms with Crippen LogP contribution in [0.3, 0.4) is 0 Å². The van der Waals surface area contributed by atoms with E-state index in [1.165, 1.54) is 0 Å². The minimum Gasteiger partial charge on any atom is -0.480 e. The number of carbonyl (C=O) groups excluding carboxylic acids is 1. The molecule has 0 aliphatic carbocycles. The molecule has 0 spiro atoms. The highest BCUT2D eigenvalue weighted by Gasteiger charge is 2.29. The van der Waals surface area contributed by atoms with Gasteiger partial charge in [-0.2, -0.15) is 0 Å². The van der Waals surface area contributed by atoms with E-state index in [1.807, 2.05) is 0 Å². The number of carboxylic acid groups (broad SMARTS) is 4. The van der Waals surface area contributed by atoms with Crippen LogP contribution >= 0.6 is 11.6 Å². The smallest absolute Gasteiger partial charge is 0.326 e. The van der Waals surface area contributed by atoms with Crippen LogP contribution in [0, 0.1) is 0 Å². The largest absolute Gasteiger partial charge is 0.480 e. The average molecular weight is 557 g/mol. The highest BCUT2D eigenvalue weighted by atomic mass is 35.5. The fraction of sp³-hybridized carbons (Fsp3) is 0.542. The number of carbonyl (C=O) groups is 5. The first-order valence-corrected chi connectivity index (χ1v) is 12.4. The monoisotopic (exact) mass is 556 g/mol. The first-order chi connectivity index (χ1) is 17.9. The van der Waals surface area contributed by atoms with Gasteiger partial charge in [0, 0.05) is 57.1 Å². The Morgan fingerprint density at radius 3 is 1.74 bits per heavy atom. The standard InChI is InChI=1S/C24H33ClN4O9/c25-17-3-1-16(2-4-17)13-18(23(35)36)26-20(30)6-5-19(24(37)38)29-11-9-27(14-21(31)32)7-8-28(10-12-29)15-22(33)34/h1-4,18-19H,5-15H2,(H,26,30)(H,31,32)(H,33,34)(H,35,36)(H,37,38)/t18-,19?/m0/s1. The van der Waals surface area contributed by atoms with Crippen LogP contribution < -0.4 is 5.32 Å². The fourth-order valence-electron chi connectivity index (χ4n) is 4.22. The topological polar surface area (TPSA) is 188 Å². The van der Waals surface area contributed by atoms with E-state index in [0.29, 0.717) is 23.7 Å². The van der Waals surface area contributed by atoms with Crippen molar-refractivity contribution in [3.05, 3.63) is 34.9 Å². The summed E-state index contributed by atoms with van der Waals surface area (Å²) in [5, 5.41) is 40.7. The molecule has 0 saturated carbocycles. The number of nitrogens with zero attached hydrogens (tertiary/aromatic N) is 3. The fourth-order valence-corrected chi connectivity index (χ4v) is 4.35. The Labute approximate surface area is 224 Å². The lowest BCUT2D eigenvalue weighted by Gasteiger charge is -2.30. The van der Waals surface area contributed by atoms with Crippen LogP contribution in [0.4, 0.5) is 0 Å². The van der Waals surface area contributed by atoms with Gasteiger partial charge in [0.15, 0.2) is 0 Å². The molecule has 1 aromatic carbocycles. The maximum atomic E-state index is 12.6. The van der Waals surface area contributed by atoms with Gasteiger partial charge in [0.2, 0.25) is 5.91 Å². The summed E-state index contributed by atoms with van der Waals surface area (Å²) < 4.78 is 0. The Kier molecular flexibility index (Phi) is 12.4. The summed E-state index contributed by atoms with van der Waals surface area (Å²) in [6, 6.07) is 4.18. The van der Waals surface area contributed by atoms with Gasteiger partial charge in [-0.1, -0.05) is 23.7 Å². The van der Waals surface area contributed by atoms with Gasteiger partial charge in [-0.25, -0.2) is 4.79 Å². The first kappa shape index (κ1) is 31.0. The van der Waals surface area contributed by atoms with Crippen LogP contribution in [-0.4, -0.2) is 129 Å². The van der Waals surface area contributed by atoms with Gasteiger partial charge in [-0.3, -0.25) is 33.9 Å². The molecule has 1 aliphatic heterocycles. The highest BCUT2D eigenvalue weighted by molar-refractivity contribution is 6.30. The molecule has 1 fully saturated rings. The summed E-state index contributed by atoms with van der Waals surface area (Å²) in [7, 11) is 0. The van der Waals surface area contributed by atoms with Crippen molar-refractivity contribution in [2.75, 3.05) is 52.4 Å². The molecular formula is C24H33ClN4O9. The number of halogens is 1. The molecular weight excluding hydrogens is 524 g/mol. The lowest BCUT2D eigenvalue weighted by atomic mass is 10.0. The molecule has 14 heteroatoms. The molecule has 1 heterocycles. The van der Waals surface area contributed by atoms with E-state index in [9.17, 15) is 44.4 Å². The van der Waals surface area contributed by atoms with Crippen LogP contribution in [0.25, 0.3) is 0 Å². The zero-order chi connectivity index (χ0) is 28.2. The zero-order valence-electron chi connectivity index (χ0n) is 20.8. The maximum absolute atomic E-state index is 12.6. The van der Waals surface area contributed by atoms with E-state index in [4.69, 9.17) is 11.6 Å². The van der Waals surface area contributed by atoms with Crippen molar-refractivity contribution in [3.8, 4) is 0 Å². The first-order valence-electron chi connectivity index (χ1n) is 12.1. The third kappa shape index (κ3) is 11.0. The van der Waals surface area contributed by atoms with Gasteiger partial charge in [-0.05, 0) is 24.1 Å². The van der Waals surface area contributed by atoms with Gasteiger partial charge < -0.3 is 25.7 Å². The van der Waals surface area contributed by atoms with Crippen molar-refractivity contribution in [1.82, 2.24) is 20.0 Å². The van der Waals surface area contributed by atoms with Gasteiger partial charge in [0.25, 0.3) is 0 Å². The SMILES string of the molecule is O=C(O)CN1CCN(CC(=O)O)CCN(C(CCC(=O)N[C@@H](Cc2ccc(Cl)cc2)C(=O)O)C(=O)O)CC1. The van der Waals surface area contributed by atoms with Gasteiger partial charge in [0.05, 0.1) is 13.1 Å². The summed E-state index contributed by atoms with van der Waals surface area (Å²) >= 11 is 5.85. The van der Waals surface area contributed by atoms with Crippen molar-refractivity contribution in [1.29, 1.82) is 0 Å². The van der Waals surface area contributed by atoms with E-state index in [1.54, 1.807) is 39.0 Å². The summed E-state index contributed by atoms with van der Waals surface area (Å²) in [5.41, 5.74) is 0.652. The lowest BCUT2D eigenvalue weighted by molar-refractivity contribution is -0.145. The normalized spacial score (nSPS) is 17.4. The molecule has 0 aromatic heterocycles. The van der Waals surface area contributed by atoms with Crippen LogP contribution in [0.2, 0.25) is 5.02 Å². The van der Waals surface area contributed by atoms with Crippen LogP contribution in [0.15, 0.2) is 24.3 Å². The molecule has 1 saturated heterocycles. The molecule has 2 rings (SSSR count). The minimum atomic E-state index is -1.24. The Bertz CT molecular complexity index is 964.